The van der Waals surface area contributed by atoms with Gasteiger partial charge in [0, 0.05) is 5.69 Å². The van der Waals surface area contributed by atoms with Crippen molar-refractivity contribution in [3.05, 3.63) is 52.6 Å². The third-order valence-electron chi connectivity index (χ3n) is 4.62. The number of aryl methyl sites for hydroxylation is 1. The zero-order valence-electron chi connectivity index (χ0n) is 15.2. The van der Waals surface area contributed by atoms with E-state index >= 15 is 0 Å². The highest BCUT2D eigenvalue weighted by molar-refractivity contribution is 7.92. The number of benzene rings is 2. The standard InChI is InChI=1S/C19H23NO5S/c1-11-9-17(19(21)22)18(20)13(3)16(11)10-12(2)26(23,24)15-7-5-14(25-4)6-8-15/h5-9,12H,10,20H2,1-4H3,(H,21,22). The number of rotatable bonds is 6. The number of carboxylic acid groups (broad SMARTS) is 1. The van der Waals surface area contributed by atoms with Gasteiger partial charge in [0.05, 0.1) is 22.8 Å². The molecule has 2 aromatic carbocycles. The summed E-state index contributed by atoms with van der Waals surface area (Å²) in [5.74, 6) is -0.514. The van der Waals surface area contributed by atoms with Gasteiger partial charge in [-0.15, -0.1) is 0 Å². The first-order chi connectivity index (χ1) is 12.1. The van der Waals surface area contributed by atoms with E-state index in [0.717, 1.165) is 5.56 Å². The fourth-order valence-electron chi connectivity index (χ4n) is 2.93. The second-order valence-electron chi connectivity index (χ2n) is 6.30. The summed E-state index contributed by atoms with van der Waals surface area (Å²) in [6, 6.07) is 7.75. The van der Waals surface area contributed by atoms with Crippen LogP contribution in [-0.2, 0) is 16.3 Å². The molecule has 0 aromatic heterocycles. The van der Waals surface area contributed by atoms with Crippen LogP contribution >= 0.6 is 0 Å². The molecular formula is C19H23NO5S. The molecule has 0 bridgehead atoms. The second-order valence-corrected chi connectivity index (χ2v) is 8.66. The van der Waals surface area contributed by atoms with Crippen LogP contribution in [0.2, 0.25) is 0 Å². The predicted molar refractivity (Wildman–Crippen MR) is 101 cm³/mol. The summed E-state index contributed by atoms with van der Waals surface area (Å²) < 4.78 is 30.8. The van der Waals surface area contributed by atoms with E-state index in [2.05, 4.69) is 0 Å². The van der Waals surface area contributed by atoms with Gasteiger partial charge in [-0.3, -0.25) is 0 Å². The second kappa shape index (κ2) is 7.37. The van der Waals surface area contributed by atoms with Crippen molar-refractivity contribution >= 4 is 21.5 Å². The molecule has 0 heterocycles. The highest BCUT2D eigenvalue weighted by atomic mass is 32.2. The van der Waals surface area contributed by atoms with Crippen LogP contribution in [0.5, 0.6) is 5.75 Å². The minimum Gasteiger partial charge on any atom is -0.497 e. The van der Waals surface area contributed by atoms with Gasteiger partial charge in [-0.05, 0) is 74.2 Å². The van der Waals surface area contributed by atoms with Gasteiger partial charge in [0.1, 0.15) is 5.75 Å². The fraction of sp³-hybridized carbons (Fsp3) is 0.316. The van der Waals surface area contributed by atoms with Crippen LogP contribution in [0, 0.1) is 13.8 Å². The summed E-state index contributed by atoms with van der Waals surface area (Å²) in [5.41, 5.74) is 8.23. The molecule has 0 amide bonds. The van der Waals surface area contributed by atoms with Crippen LogP contribution in [0.4, 0.5) is 5.69 Å². The summed E-state index contributed by atoms with van der Waals surface area (Å²) in [4.78, 5) is 11.5. The minimum absolute atomic E-state index is 0.0365. The van der Waals surface area contributed by atoms with E-state index in [-0.39, 0.29) is 22.6 Å². The lowest BCUT2D eigenvalue weighted by atomic mass is 9.94. The largest absolute Gasteiger partial charge is 0.497 e. The topological polar surface area (TPSA) is 107 Å². The normalized spacial score (nSPS) is 12.6. The molecule has 1 unspecified atom stereocenters. The number of carboxylic acids is 1. The molecule has 0 spiro atoms. The highest BCUT2D eigenvalue weighted by Crippen LogP contribution is 2.29. The molecule has 0 saturated heterocycles. The zero-order valence-corrected chi connectivity index (χ0v) is 16.1. The van der Waals surface area contributed by atoms with Gasteiger partial charge in [0.2, 0.25) is 0 Å². The number of carbonyl (C=O) groups is 1. The molecule has 6 nitrogen and oxygen atoms in total. The molecule has 0 aliphatic rings. The molecular weight excluding hydrogens is 354 g/mol. The maximum Gasteiger partial charge on any atom is 0.337 e. The van der Waals surface area contributed by atoms with E-state index < -0.39 is 21.1 Å². The van der Waals surface area contributed by atoms with Crippen LogP contribution < -0.4 is 10.5 Å². The zero-order chi connectivity index (χ0) is 19.6. The lowest BCUT2D eigenvalue weighted by Crippen LogP contribution is -2.22. The van der Waals surface area contributed by atoms with E-state index in [1.54, 1.807) is 32.9 Å². The summed E-state index contributed by atoms with van der Waals surface area (Å²) in [5, 5.41) is 8.53. The number of hydrogen-bond donors (Lipinski definition) is 2. The average molecular weight is 377 g/mol. The van der Waals surface area contributed by atoms with Gasteiger partial charge < -0.3 is 15.6 Å². The quantitative estimate of drug-likeness (QED) is 0.750. The van der Waals surface area contributed by atoms with Gasteiger partial charge in [-0.2, -0.15) is 0 Å². The predicted octanol–water partition coefficient (Wildman–Crippen LogP) is 3.00. The molecule has 0 radical (unpaired) electrons. The number of nitrogens with two attached hydrogens (primary N) is 1. The van der Waals surface area contributed by atoms with E-state index in [0.29, 0.717) is 16.9 Å². The van der Waals surface area contributed by atoms with E-state index in [1.165, 1.54) is 25.3 Å². The Kier molecular flexibility index (Phi) is 5.61. The molecule has 3 N–H and O–H groups in total. The SMILES string of the molecule is COc1ccc(S(=O)(=O)C(C)Cc2c(C)cc(C(=O)O)c(N)c2C)cc1. The van der Waals surface area contributed by atoms with Crippen molar-refractivity contribution in [1.82, 2.24) is 0 Å². The number of ether oxygens (including phenoxy) is 1. The highest BCUT2D eigenvalue weighted by Gasteiger charge is 2.26. The molecule has 0 saturated carbocycles. The van der Waals surface area contributed by atoms with Crippen molar-refractivity contribution in [3.63, 3.8) is 0 Å². The molecule has 0 aliphatic carbocycles. The molecule has 7 heteroatoms. The van der Waals surface area contributed by atoms with E-state index in [9.17, 15) is 18.3 Å². The Labute approximate surface area is 153 Å². The van der Waals surface area contributed by atoms with Crippen molar-refractivity contribution in [2.45, 2.75) is 37.3 Å². The van der Waals surface area contributed by atoms with Crippen LogP contribution in [0.15, 0.2) is 35.2 Å². The van der Waals surface area contributed by atoms with E-state index in [4.69, 9.17) is 10.5 Å². The molecule has 2 rings (SSSR count). The monoisotopic (exact) mass is 377 g/mol. The van der Waals surface area contributed by atoms with Crippen LogP contribution in [0.1, 0.15) is 34.0 Å². The molecule has 0 aliphatic heterocycles. The average Bonchev–Trinajstić information content (AvgIpc) is 2.61. The number of hydrogen-bond acceptors (Lipinski definition) is 5. The Bertz CT molecular complexity index is 933. The number of aromatic carboxylic acids is 1. The lowest BCUT2D eigenvalue weighted by molar-refractivity contribution is 0.0698. The first-order valence-corrected chi connectivity index (χ1v) is 9.64. The number of methoxy groups -OCH3 is 1. The van der Waals surface area contributed by atoms with Gasteiger partial charge in [0.15, 0.2) is 9.84 Å². The van der Waals surface area contributed by atoms with Crippen LogP contribution in [0.25, 0.3) is 0 Å². The maximum atomic E-state index is 12.9. The first-order valence-electron chi connectivity index (χ1n) is 8.09. The van der Waals surface area contributed by atoms with Crippen LogP contribution in [-0.4, -0.2) is 31.9 Å². The molecule has 1 atom stereocenters. The summed E-state index contributed by atoms with van der Waals surface area (Å²) >= 11 is 0. The number of nitrogen functional groups attached to an aromatic ring is 1. The van der Waals surface area contributed by atoms with Crippen molar-refractivity contribution in [2.75, 3.05) is 12.8 Å². The third kappa shape index (κ3) is 3.67. The summed E-state index contributed by atoms with van der Waals surface area (Å²) in [6.45, 7) is 5.12. The van der Waals surface area contributed by atoms with Gasteiger partial charge in [-0.1, -0.05) is 0 Å². The lowest BCUT2D eigenvalue weighted by Gasteiger charge is -2.19. The first kappa shape index (κ1) is 19.8. The Morgan fingerprint density at radius 3 is 2.31 bits per heavy atom. The van der Waals surface area contributed by atoms with Crippen molar-refractivity contribution in [1.29, 1.82) is 0 Å². The molecule has 140 valence electrons. The van der Waals surface area contributed by atoms with Crippen molar-refractivity contribution in [3.8, 4) is 5.75 Å². The Morgan fingerprint density at radius 2 is 1.81 bits per heavy atom. The van der Waals surface area contributed by atoms with E-state index in [1.807, 2.05) is 0 Å². The van der Waals surface area contributed by atoms with Gasteiger partial charge >= 0.3 is 5.97 Å². The van der Waals surface area contributed by atoms with Crippen molar-refractivity contribution < 1.29 is 23.1 Å². The Morgan fingerprint density at radius 1 is 1.23 bits per heavy atom. The molecule has 2 aromatic rings. The van der Waals surface area contributed by atoms with Gasteiger partial charge in [0.25, 0.3) is 0 Å². The fourth-order valence-corrected chi connectivity index (χ4v) is 4.29. The smallest absolute Gasteiger partial charge is 0.337 e. The third-order valence-corrected chi connectivity index (χ3v) is 6.78. The number of sulfone groups is 1. The number of anilines is 1. The molecule has 26 heavy (non-hydrogen) atoms. The van der Waals surface area contributed by atoms with Crippen molar-refractivity contribution in [2.24, 2.45) is 0 Å². The maximum absolute atomic E-state index is 12.9. The Hall–Kier alpha value is -2.54. The minimum atomic E-state index is -3.55. The van der Waals surface area contributed by atoms with Crippen LogP contribution in [0.3, 0.4) is 0 Å². The summed E-state index contributed by atoms with van der Waals surface area (Å²) in [7, 11) is -2.03. The summed E-state index contributed by atoms with van der Waals surface area (Å²) in [6.07, 6.45) is 0.246. The Balaban J connectivity index is 2.38. The molecule has 0 fully saturated rings. The van der Waals surface area contributed by atoms with Gasteiger partial charge in [-0.25, -0.2) is 13.2 Å².